The first kappa shape index (κ1) is 16.1. The Kier molecular flexibility index (Phi) is 5.61. The Morgan fingerprint density at radius 2 is 2.18 bits per heavy atom. The largest absolute Gasteiger partial charge is 0.497 e. The summed E-state index contributed by atoms with van der Waals surface area (Å²) in [6.07, 6.45) is 0.122. The summed E-state index contributed by atoms with van der Waals surface area (Å²) >= 11 is 0. The molecule has 118 valence electrons. The minimum atomic E-state index is -0.759. The number of aliphatic hydroxyl groups is 1. The van der Waals surface area contributed by atoms with Gasteiger partial charge in [-0.3, -0.25) is 4.79 Å². The standard InChI is InChI=1S/C17H21NO4/c1-12-6-7-14(22-12)8-9-17(20)18-11-16(19)13-4-3-5-15(10-13)21-2/h3-7,10,16,19H,8-9,11H2,1-2H3,(H,18,20). The predicted molar refractivity (Wildman–Crippen MR) is 82.7 cm³/mol. The van der Waals surface area contributed by atoms with E-state index in [0.717, 1.165) is 11.5 Å². The predicted octanol–water partition coefficient (Wildman–Crippen LogP) is 2.38. The van der Waals surface area contributed by atoms with E-state index in [1.54, 1.807) is 31.4 Å². The van der Waals surface area contributed by atoms with Crippen molar-refractivity contribution in [1.82, 2.24) is 5.32 Å². The summed E-state index contributed by atoms with van der Waals surface area (Å²) in [6.45, 7) is 2.04. The lowest BCUT2D eigenvalue weighted by Crippen LogP contribution is -2.28. The topological polar surface area (TPSA) is 71.7 Å². The zero-order chi connectivity index (χ0) is 15.9. The van der Waals surface area contributed by atoms with E-state index in [-0.39, 0.29) is 12.5 Å². The molecule has 1 unspecified atom stereocenters. The number of amides is 1. The molecule has 0 radical (unpaired) electrons. The Balaban J connectivity index is 1.77. The Morgan fingerprint density at radius 3 is 2.86 bits per heavy atom. The van der Waals surface area contributed by atoms with Crippen LogP contribution in [0.3, 0.4) is 0 Å². The van der Waals surface area contributed by atoms with Crippen LogP contribution in [0.4, 0.5) is 0 Å². The molecule has 0 aliphatic rings. The molecule has 1 amide bonds. The van der Waals surface area contributed by atoms with Gasteiger partial charge in [0.05, 0.1) is 13.2 Å². The fourth-order valence-electron chi connectivity index (χ4n) is 2.12. The van der Waals surface area contributed by atoms with E-state index in [2.05, 4.69) is 5.32 Å². The summed E-state index contributed by atoms with van der Waals surface area (Å²) in [5.41, 5.74) is 0.710. The van der Waals surface area contributed by atoms with Crippen LogP contribution < -0.4 is 10.1 Å². The zero-order valence-corrected chi connectivity index (χ0v) is 12.8. The van der Waals surface area contributed by atoms with Gasteiger partial charge in [-0.25, -0.2) is 0 Å². The van der Waals surface area contributed by atoms with Crippen molar-refractivity contribution in [3.05, 3.63) is 53.5 Å². The molecule has 5 heteroatoms. The van der Waals surface area contributed by atoms with Gasteiger partial charge in [-0.1, -0.05) is 12.1 Å². The Morgan fingerprint density at radius 1 is 1.36 bits per heavy atom. The number of rotatable bonds is 7. The van der Waals surface area contributed by atoms with E-state index >= 15 is 0 Å². The average Bonchev–Trinajstić information content (AvgIpc) is 2.96. The molecule has 22 heavy (non-hydrogen) atoms. The molecule has 0 saturated heterocycles. The molecule has 0 saturated carbocycles. The fourth-order valence-corrected chi connectivity index (χ4v) is 2.12. The monoisotopic (exact) mass is 303 g/mol. The minimum Gasteiger partial charge on any atom is -0.497 e. The molecule has 0 aliphatic heterocycles. The summed E-state index contributed by atoms with van der Waals surface area (Å²) in [7, 11) is 1.57. The SMILES string of the molecule is COc1cccc(C(O)CNC(=O)CCc2ccc(C)o2)c1. The first-order chi connectivity index (χ1) is 10.6. The number of nitrogens with one attached hydrogen (secondary N) is 1. The molecule has 1 aromatic carbocycles. The van der Waals surface area contributed by atoms with Gasteiger partial charge in [-0.15, -0.1) is 0 Å². The van der Waals surface area contributed by atoms with E-state index in [0.29, 0.717) is 24.2 Å². The van der Waals surface area contributed by atoms with E-state index in [1.165, 1.54) is 0 Å². The molecule has 2 aromatic rings. The van der Waals surface area contributed by atoms with Crippen LogP contribution in [-0.4, -0.2) is 24.7 Å². The van der Waals surface area contributed by atoms with Crippen molar-refractivity contribution in [2.24, 2.45) is 0 Å². The van der Waals surface area contributed by atoms with E-state index in [9.17, 15) is 9.90 Å². The molecular weight excluding hydrogens is 282 g/mol. The summed E-state index contributed by atoms with van der Waals surface area (Å²) in [6, 6.07) is 10.9. The number of hydrogen-bond donors (Lipinski definition) is 2. The van der Waals surface area contributed by atoms with Gasteiger partial charge in [0.15, 0.2) is 0 Å². The maximum Gasteiger partial charge on any atom is 0.220 e. The Bertz CT molecular complexity index is 621. The van der Waals surface area contributed by atoms with Crippen molar-refractivity contribution in [1.29, 1.82) is 0 Å². The molecule has 0 bridgehead atoms. The number of carbonyl (C=O) groups is 1. The van der Waals surface area contributed by atoms with Crippen molar-refractivity contribution >= 4 is 5.91 Å². The maximum atomic E-state index is 11.8. The average molecular weight is 303 g/mol. The smallest absolute Gasteiger partial charge is 0.220 e. The lowest BCUT2D eigenvalue weighted by Gasteiger charge is -2.13. The summed E-state index contributed by atoms with van der Waals surface area (Å²) in [5, 5.41) is 12.8. The van der Waals surface area contributed by atoms with Gasteiger partial charge in [-0.05, 0) is 36.8 Å². The maximum absolute atomic E-state index is 11.8. The first-order valence-corrected chi connectivity index (χ1v) is 7.22. The number of carbonyl (C=O) groups excluding carboxylic acids is 1. The number of benzene rings is 1. The Labute approximate surface area is 129 Å². The molecule has 2 rings (SSSR count). The van der Waals surface area contributed by atoms with Gasteiger partial charge in [0, 0.05) is 19.4 Å². The lowest BCUT2D eigenvalue weighted by atomic mass is 10.1. The van der Waals surface area contributed by atoms with Crippen LogP contribution in [-0.2, 0) is 11.2 Å². The highest BCUT2D eigenvalue weighted by atomic mass is 16.5. The second-order valence-corrected chi connectivity index (χ2v) is 5.11. The molecule has 5 nitrogen and oxygen atoms in total. The van der Waals surface area contributed by atoms with Gasteiger partial charge in [0.25, 0.3) is 0 Å². The van der Waals surface area contributed by atoms with Crippen molar-refractivity contribution < 1.29 is 19.1 Å². The third kappa shape index (κ3) is 4.63. The number of aliphatic hydroxyl groups excluding tert-OH is 1. The lowest BCUT2D eigenvalue weighted by molar-refractivity contribution is -0.121. The second kappa shape index (κ2) is 7.66. The van der Waals surface area contributed by atoms with Gasteiger partial charge < -0.3 is 19.6 Å². The van der Waals surface area contributed by atoms with E-state index < -0.39 is 6.10 Å². The van der Waals surface area contributed by atoms with Gasteiger partial charge >= 0.3 is 0 Å². The number of ether oxygens (including phenoxy) is 1. The quantitative estimate of drug-likeness (QED) is 0.824. The van der Waals surface area contributed by atoms with Gasteiger partial charge in [-0.2, -0.15) is 0 Å². The summed E-state index contributed by atoms with van der Waals surface area (Å²) < 4.78 is 10.5. The van der Waals surface area contributed by atoms with Crippen LogP contribution in [0, 0.1) is 6.92 Å². The highest BCUT2D eigenvalue weighted by molar-refractivity contribution is 5.76. The van der Waals surface area contributed by atoms with Crippen molar-refractivity contribution in [3.8, 4) is 5.75 Å². The second-order valence-electron chi connectivity index (χ2n) is 5.11. The molecule has 0 fully saturated rings. The molecule has 2 N–H and O–H groups in total. The number of hydrogen-bond acceptors (Lipinski definition) is 4. The molecule has 0 aliphatic carbocycles. The fraction of sp³-hybridized carbons (Fsp3) is 0.353. The number of furan rings is 1. The highest BCUT2D eigenvalue weighted by Crippen LogP contribution is 2.18. The van der Waals surface area contributed by atoms with Crippen molar-refractivity contribution in [2.45, 2.75) is 25.9 Å². The third-order valence-corrected chi connectivity index (χ3v) is 3.37. The van der Waals surface area contributed by atoms with Crippen LogP contribution in [0.5, 0.6) is 5.75 Å². The van der Waals surface area contributed by atoms with Crippen LogP contribution >= 0.6 is 0 Å². The van der Waals surface area contributed by atoms with Crippen LogP contribution in [0.25, 0.3) is 0 Å². The van der Waals surface area contributed by atoms with Crippen molar-refractivity contribution in [2.75, 3.05) is 13.7 Å². The van der Waals surface area contributed by atoms with Crippen LogP contribution in [0.15, 0.2) is 40.8 Å². The highest BCUT2D eigenvalue weighted by Gasteiger charge is 2.11. The van der Waals surface area contributed by atoms with Crippen LogP contribution in [0.1, 0.15) is 29.6 Å². The van der Waals surface area contributed by atoms with Gasteiger partial charge in [0.2, 0.25) is 5.91 Å². The number of aryl methyl sites for hydroxylation is 2. The Hall–Kier alpha value is -2.27. The first-order valence-electron chi connectivity index (χ1n) is 7.22. The normalized spacial score (nSPS) is 12.0. The molecule has 0 spiro atoms. The zero-order valence-electron chi connectivity index (χ0n) is 12.8. The molecule has 1 atom stereocenters. The summed E-state index contributed by atoms with van der Waals surface area (Å²) in [4.78, 5) is 11.8. The van der Waals surface area contributed by atoms with E-state index in [1.807, 2.05) is 19.1 Å². The van der Waals surface area contributed by atoms with Crippen molar-refractivity contribution in [3.63, 3.8) is 0 Å². The molecule has 1 aromatic heterocycles. The minimum absolute atomic E-state index is 0.115. The summed E-state index contributed by atoms with van der Waals surface area (Å²) in [5.74, 6) is 2.19. The third-order valence-electron chi connectivity index (χ3n) is 3.37. The molecular formula is C17H21NO4. The molecule has 1 heterocycles. The van der Waals surface area contributed by atoms with E-state index in [4.69, 9.17) is 9.15 Å². The van der Waals surface area contributed by atoms with Gasteiger partial charge in [0.1, 0.15) is 17.3 Å². The van der Waals surface area contributed by atoms with Crippen LogP contribution in [0.2, 0.25) is 0 Å². The number of methoxy groups -OCH3 is 1.